The van der Waals surface area contributed by atoms with Gasteiger partial charge < -0.3 is 0 Å². The van der Waals surface area contributed by atoms with Crippen LogP contribution in [-0.4, -0.2) is 0 Å². The third kappa shape index (κ3) is 25.6. The molecule has 2 saturated carbocycles. The lowest BCUT2D eigenvalue weighted by atomic mass is 10.1. The van der Waals surface area contributed by atoms with Gasteiger partial charge in [-0.1, -0.05) is 121 Å². The summed E-state index contributed by atoms with van der Waals surface area (Å²) in [6.07, 6.45) is 20.8. The van der Waals surface area contributed by atoms with E-state index in [1.807, 2.05) is 27.7 Å². The van der Waals surface area contributed by atoms with E-state index in [2.05, 4.69) is 61.3 Å². The molecule has 4 atom stereocenters. The highest BCUT2D eigenvalue weighted by molar-refractivity contribution is 4.84. The molecule has 0 heterocycles. The molecule has 0 amide bonds. The number of unbranched alkanes of at least 4 members (excludes halogenated alkanes) is 4. The van der Waals surface area contributed by atoms with E-state index in [4.69, 9.17) is 0 Å². The van der Waals surface area contributed by atoms with Crippen molar-refractivity contribution in [3.05, 3.63) is 0 Å². The first-order chi connectivity index (χ1) is 13.0. The predicted molar refractivity (Wildman–Crippen MR) is 131 cm³/mol. The highest BCUT2D eigenvalue weighted by Gasteiger charge is 2.34. The van der Waals surface area contributed by atoms with Gasteiger partial charge in [-0.2, -0.15) is 0 Å². The van der Waals surface area contributed by atoms with Crippen molar-refractivity contribution in [1.29, 1.82) is 0 Å². The van der Waals surface area contributed by atoms with Crippen molar-refractivity contribution in [2.45, 2.75) is 134 Å². The van der Waals surface area contributed by atoms with Crippen LogP contribution in [0.25, 0.3) is 0 Å². The number of hydrogen-bond acceptors (Lipinski definition) is 0. The fraction of sp³-hybridized carbons (Fsp3) is 0.926. The maximum atomic E-state index is 4.00. The summed E-state index contributed by atoms with van der Waals surface area (Å²) >= 11 is 0. The quantitative estimate of drug-likeness (QED) is 0.303. The topological polar surface area (TPSA) is 0 Å². The summed E-state index contributed by atoms with van der Waals surface area (Å²) in [6, 6.07) is 0. The van der Waals surface area contributed by atoms with Gasteiger partial charge in [0.05, 0.1) is 0 Å². The molecular weight excluding hydrogens is 324 g/mol. The van der Waals surface area contributed by atoms with Gasteiger partial charge in [-0.05, 0) is 42.4 Å². The molecule has 0 aromatic heterocycles. The molecule has 0 heteroatoms. The highest BCUT2D eigenvalue weighted by atomic mass is 14.4. The maximum Gasteiger partial charge on any atom is -0.0363 e. The first-order valence-corrected chi connectivity index (χ1v) is 12.3. The minimum atomic E-state index is 0.940. The molecule has 0 N–H and O–H groups in total. The molecule has 2 fully saturated rings. The summed E-state index contributed by atoms with van der Waals surface area (Å²) in [6.45, 7) is 24.0. The molecule has 27 heavy (non-hydrogen) atoms. The Morgan fingerprint density at radius 3 is 1.15 bits per heavy atom. The van der Waals surface area contributed by atoms with Crippen LogP contribution in [0.2, 0.25) is 0 Å². The van der Waals surface area contributed by atoms with Gasteiger partial charge in [-0.3, -0.25) is 0 Å². The maximum absolute atomic E-state index is 4.00. The van der Waals surface area contributed by atoms with Crippen molar-refractivity contribution < 1.29 is 0 Å². The molecule has 2 aliphatic rings. The lowest BCUT2D eigenvalue weighted by Gasteiger charge is -1.97. The Bertz CT molecular complexity index is 238. The minimum absolute atomic E-state index is 0.940. The van der Waals surface area contributed by atoms with E-state index in [0.29, 0.717) is 0 Å². The second kappa shape index (κ2) is 27.8. The van der Waals surface area contributed by atoms with Crippen molar-refractivity contribution in [3.63, 3.8) is 0 Å². The van der Waals surface area contributed by atoms with Crippen molar-refractivity contribution in [3.8, 4) is 12.8 Å². The zero-order valence-electron chi connectivity index (χ0n) is 21.4. The van der Waals surface area contributed by atoms with Gasteiger partial charge in [0, 0.05) is 0 Å². The Hall–Kier alpha value is -0.440. The first-order valence-electron chi connectivity index (χ1n) is 12.3. The summed E-state index contributed by atoms with van der Waals surface area (Å²) in [7, 11) is 0. The molecule has 0 bridgehead atoms. The standard InChI is InChI=1S/2C7H14.C7H16.2C2H6.C2H2/c1-5(2)7-4-6(7)3;1-3-6-5-7(6)4-2;1-3-5-7-6-4-2;3*1-2/h5-7H,4H2,1-3H3;6-7H,3-5H2,1-2H3;3-7H2,1-2H3;2*1-2H3;1-2H. The molecule has 0 radical (unpaired) electrons. The van der Waals surface area contributed by atoms with Crippen LogP contribution in [0, 0.1) is 42.4 Å². The van der Waals surface area contributed by atoms with Crippen molar-refractivity contribution in [1.82, 2.24) is 0 Å². The van der Waals surface area contributed by atoms with E-state index in [9.17, 15) is 0 Å². The smallest absolute Gasteiger partial charge is 0.0363 e. The van der Waals surface area contributed by atoms with Crippen LogP contribution in [0.4, 0.5) is 0 Å². The summed E-state index contributed by atoms with van der Waals surface area (Å²) in [4.78, 5) is 0. The van der Waals surface area contributed by atoms with E-state index < -0.39 is 0 Å². The average Bonchev–Trinajstić information content (AvgIpc) is 3.64. The van der Waals surface area contributed by atoms with E-state index in [-0.39, 0.29) is 0 Å². The lowest BCUT2D eigenvalue weighted by molar-refractivity contribution is 0.530. The molecule has 0 aromatic carbocycles. The summed E-state index contributed by atoms with van der Waals surface area (Å²) in [5.74, 6) is 5.28. The Balaban J connectivity index is -0.000000129. The fourth-order valence-corrected chi connectivity index (χ4v) is 3.27. The first kappa shape index (κ1) is 34.1. The van der Waals surface area contributed by atoms with Gasteiger partial charge in [0.1, 0.15) is 0 Å². The molecule has 0 aromatic rings. The second-order valence-corrected chi connectivity index (χ2v) is 7.75. The molecule has 2 aliphatic carbocycles. The number of rotatable bonds is 7. The van der Waals surface area contributed by atoms with E-state index >= 15 is 0 Å². The average molecular weight is 383 g/mol. The van der Waals surface area contributed by atoms with Gasteiger partial charge in [0.2, 0.25) is 0 Å². The molecule has 2 rings (SSSR count). The van der Waals surface area contributed by atoms with Gasteiger partial charge >= 0.3 is 0 Å². The third-order valence-electron chi connectivity index (χ3n) is 5.35. The van der Waals surface area contributed by atoms with Crippen molar-refractivity contribution in [2.24, 2.45) is 29.6 Å². The van der Waals surface area contributed by atoms with Crippen LogP contribution in [0.15, 0.2) is 0 Å². The Morgan fingerprint density at radius 1 is 0.704 bits per heavy atom. The monoisotopic (exact) mass is 382 g/mol. The van der Waals surface area contributed by atoms with Gasteiger partial charge in [-0.25, -0.2) is 0 Å². The second-order valence-electron chi connectivity index (χ2n) is 7.75. The van der Waals surface area contributed by atoms with Crippen molar-refractivity contribution in [2.75, 3.05) is 0 Å². The van der Waals surface area contributed by atoms with Crippen LogP contribution in [0.3, 0.4) is 0 Å². The molecule has 0 nitrogen and oxygen atoms in total. The predicted octanol–water partition coefficient (Wildman–Crippen LogP) is 10.0. The largest absolute Gasteiger partial charge is 0.124 e. The molecule has 0 saturated heterocycles. The Kier molecular flexibility index (Phi) is 35.1. The van der Waals surface area contributed by atoms with Crippen molar-refractivity contribution >= 4 is 0 Å². The normalized spacial score (nSPS) is 23.2. The van der Waals surface area contributed by atoms with Crippen LogP contribution in [0.5, 0.6) is 0 Å². The SMILES string of the molecule is C#C.CC.CC.CC(C)C1CC1C.CCC1CC1CC.CCCCCCC. The summed E-state index contributed by atoms with van der Waals surface area (Å²) < 4.78 is 0. The third-order valence-corrected chi connectivity index (χ3v) is 5.35. The van der Waals surface area contributed by atoms with E-state index in [1.165, 1.54) is 57.8 Å². The molecular formula is C27H58. The van der Waals surface area contributed by atoms with E-state index in [0.717, 1.165) is 29.6 Å². The van der Waals surface area contributed by atoms with Gasteiger partial charge in [-0.15, -0.1) is 12.8 Å². The summed E-state index contributed by atoms with van der Waals surface area (Å²) in [5.41, 5.74) is 0. The Labute approximate surface area is 176 Å². The van der Waals surface area contributed by atoms with Crippen LogP contribution in [-0.2, 0) is 0 Å². The number of terminal acetylenes is 1. The van der Waals surface area contributed by atoms with Crippen LogP contribution < -0.4 is 0 Å². The molecule has 0 aliphatic heterocycles. The minimum Gasteiger partial charge on any atom is -0.124 e. The number of hydrogen-bond donors (Lipinski definition) is 0. The van der Waals surface area contributed by atoms with Crippen LogP contribution >= 0.6 is 0 Å². The molecule has 4 unspecified atom stereocenters. The zero-order valence-corrected chi connectivity index (χ0v) is 21.4. The molecule has 0 spiro atoms. The molecule has 166 valence electrons. The lowest BCUT2D eigenvalue weighted by Crippen LogP contribution is -1.89. The Morgan fingerprint density at radius 2 is 1.04 bits per heavy atom. The zero-order chi connectivity index (χ0) is 22.3. The summed E-state index contributed by atoms with van der Waals surface area (Å²) in [5, 5.41) is 0. The van der Waals surface area contributed by atoms with Gasteiger partial charge in [0.25, 0.3) is 0 Å². The fourth-order valence-electron chi connectivity index (χ4n) is 3.27. The highest BCUT2D eigenvalue weighted by Crippen LogP contribution is 2.43. The van der Waals surface area contributed by atoms with Gasteiger partial charge in [0.15, 0.2) is 0 Å². The van der Waals surface area contributed by atoms with E-state index in [1.54, 1.807) is 0 Å². The van der Waals surface area contributed by atoms with Crippen LogP contribution in [0.1, 0.15) is 134 Å².